The Hall–Kier alpha value is -3.42. The standard InChI is InChI=1S/C23H21ClN4O2S/c1-28(2)17-11-9-16(10-12-17)15-25-27-23(30)21(14-18-6-5-13-31-18)26-22(29)19-7-3-4-8-20(19)24/h3-15H,1-2H3,(H,26,29)(H,27,30)/b21-14+,25-15?. The monoisotopic (exact) mass is 452 g/mol. The second-order valence-corrected chi connectivity index (χ2v) is 8.08. The number of hydrogen-bond donors (Lipinski definition) is 2. The van der Waals surface area contributed by atoms with Crippen molar-refractivity contribution in [3.05, 3.63) is 92.8 Å². The summed E-state index contributed by atoms with van der Waals surface area (Å²) in [5.74, 6) is -1.03. The molecule has 0 fully saturated rings. The van der Waals surface area contributed by atoms with Crippen molar-refractivity contribution in [1.29, 1.82) is 0 Å². The number of carbonyl (C=O) groups excluding carboxylic acids is 2. The number of benzene rings is 2. The van der Waals surface area contributed by atoms with Crippen LogP contribution in [-0.2, 0) is 4.79 Å². The van der Waals surface area contributed by atoms with Gasteiger partial charge in [0, 0.05) is 24.7 Å². The molecule has 2 amide bonds. The molecule has 0 aliphatic heterocycles. The molecule has 6 nitrogen and oxygen atoms in total. The molecule has 1 aromatic heterocycles. The average molecular weight is 453 g/mol. The normalized spacial score (nSPS) is 11.4. The molecule has 3 rings (SSSR count). The number of carbonyl (C=O) groups is 2. The number of halogens is 1. The van der Waals surface area contributed by atoms with Crippen molar-refractivity contribution in [1.82, 2.24) is 10.7 Å². The van der Waals surface area contributed by atoms with Crippen LogP contribution >= 0.6 is 22.9 Å². The van der Waals surface area contributed by atoms with Crippen molar-refractivity contribution in [2.45, 2.75) is 0 Å². The van der Waals surface area contributed by atoms with Gasteiger partial charge in [-0.1, -0.05) is 41.9 Å². The van der Waals surface area contributed by atoms with E-state index < -0.39 is 11.8 Å². The molecule has 8 heteroatoms. The van der Waals surface area contributed by atoms with Gasteiger partial charge in [0.1, 0.15) is 5.70 Å². The Bertz CT molecular complexity index is 1110. The molecule has 0 saturated carbocycles. The predicted molar refractivity (Wildman–Crippen MR) is 128 cm³/mol. The van der Waals surface area contributed by atoms with E-state index in [2.05, 4.69) is 15.8 Å². The van der Waals surface area contributed by atoms with E-state index in [1.54, 1.807) is 30.3 Å². The molecule has 1 heterocycles. The minimum atomic E-state index is -0.546. The molecule has 0 aliphatic rings. The SMILES string of the molecule is CN(C)c1ccc(C=NNC(=O)/C(=C\c2cccs2)NC(=O)c2ccccc2Cl)cc1. The van der Waals surface area contributed by atoms with E-state index >= 15 is 0 Å². The van der Waals surface area contributed by atoms with Crippen molar-refractivity contribution in [3.8, 4) is 0 Å². The second kappa shape index (κ2) is 10.6. The Morgan fingerprint density at radius 3 is 2.42 bits per heavy atom. The Morgan fingerprint density at radius 2 is 1.77 bits per heavy atom. The third-order valence-corrected chi connectivity index (χ3v) is 5.38. The molecule has 0 radical (unpaired) electrons. The highest BCUT2D eigenvalue weighted by Gasteiger charge is 2.16. The van der Waals surface area contributed by atoms with Gasteiger partial charge < -0.3 is 10.2 Å². The van der Waals surface area contributed by atoms with Crippen molar-refractivity contribution in [2.75, 3.05) is 19.0 Å². The summed E-state index contributed by atoms with van der Waals surface area (Å²) in [6.07, 6.45) is 3.13. The first-order valence-electron chi connectivity index (χ1n) is 9.36. The van der Waals surface area contributed by atoms with Crippen LogP contribution in [0, 0.1) is 0 Å². The average Bonchev–Trinajstić information content (AvgIpc) is 3.27. The van der Waals surface area contributed by atoms with E-state index in [1.165, 1.54) is 17.6 Å². The van der Waals surface area contributed by atoms with Gasteiger partial charge >= 0.3 is 0 Å². The molecule has 0 atom stereocenters. The fourth-order valence-corrected chi connectivity index (χ4v) is 3.47. The number of nitrogens with one attached hydrogen (secondary N) is 2. The molecule has 3 aromatic rings. The van der Waals surface area contributed by atoms with Crippen LogP contribution in [0.4, 0.5) is 5.69 Å². The van der Waals surface area contributed by atoms with Gasteiger partial charge in [-0.3, -0.25) is 9.59 Å². The van der Waals surface area contributed by atoms with Gasteiger partial charge in [-0.05, 0) is 47.4 Å². The Labute approximate surface area is 189 Å². The Morgan fingerprint density at radius 1 is 1.03 bits per heavy atom. The van der Waals surface area contributed by atoms with Gasteiger partial charge in [0.15, 0.2) is 0 Å². The maximum absolute atomic E-state index is 12.7. The van der Waals surface area contributed by atoms with Crippen molar-refractivity contribution in [3.63, 3.8) is 0 Å². The fraction of sp³-hybridized carbons (Fsp3) is 0.0870. The lowest BCUT2D eigenvalue weighted by molar-refractivity contribution is -0.117. The van der Waals surface area contributed by atoms with Gasteiger partial charge in [0.2, 0.25) is 0 Å². The van der Waals surface area contributed by atoms with Crippen LogP contribution in [0.25, 0.3) is 6.08 Å². The molecular formula is C23H21ClN4O2S. The van der Waals surface area contributed by atoms with Gasteiger partial charge in [0.05, 0.1) is 16.8 Å². The van der Waals surface area contributed by atoms with Gasteiger partial charge in [-0.2, -0.15) is 5.10 Å². The van der Waals surface area contributed by atoms with Crippen LogP contribution in [0.5, 0.6) is 0 Å². The molecular weight excluding hydrogens is 432 g/mol. The molecule has 0 spiro atoms. The minimum absolute atomic E-state index is 0.0625. The zero-order valence-corrected chi connectivity index (χ0v) is 18.6. The molecule has 0 unspecified atom stereocenters. The highest BCUT2D eigenvalue weighted by atomic mass is 35.5. The maximum atomic E-state index is 12.7. The van der Waals surface area contributed by atoms with Crippen LogP contribution in [-0.4, -0.2) is 32.1 Å². The molecule has 2 aromatic carbocycles. The summed E-state index contributed by atoms with van der Waals surface area (Å²) in [7, 11) is 3.92. The lowest BCUT2D eigenvalue weighted by atomic mass is 10.2. The lowest BCUT2D eigenvalue weighted by Gasteiger charge is -2.11. The Kier molecular flexibility index (Phi) is 7.59. The lowest BCUT2D eigenvalue weighted by Crippen LogP contribution is -2.32. The van der Waals surface area contributed by atoms with Crippen LogP contribution in [0.1, 0.15) is 20.8 Å². The van der Waals surface area contributed by atoms with Crippen LogP contribution in [0.15, 0.2) is 76.8 Å². The quantitative estimate of drug-likeness (QED) is 0.317. The summed E-state index contributed by atoms with van der Waals surface area (Å²) in [5, 5.41) is 8.83. The number of rotatable bonds is 7. The number of thiophene rings is 1. The third-order valence-electron chi connectivity index (χ3n) is 4.23. The van der Waals surface area contributed by atoms with Crippen molar-refractivity contribution in [2.24, 2.45) is 5.10 Å². The van der Waals surface area contributed by atoms with Gasteiger partial charge in [-0.25, -0.2) is 5.43 Å². The number of anilines is 1. The fourth-order valence-electron chi connectivity index (χ4n) is 2.59. The number of nitrogens with zero attached hydrogens (tertiary/aromatic N) is 2. The molecule has 158 valence electrons. The molecule has 0 bridgehead atoms. The van der Waals surface area contributed by atoms with E-state index in [1.807, 2.05) is 60.8 Å². The van der Waals surface area contributed by atoms with Crippen molar-refractivity contribution >= 4 is 52.7 Å². The largest absolute Gasteiger partial charge is 0.378 e. The first-order chi connectivity index (χ1) is 14.9. The van der Waals surface area contributed by atoms with Crippen LogP contribution < -0.4 is 15.6 Å². The summed E-state index contributed by atoms with van der Waals surface area (Å²) >= 11 is 7.54. The second-order valence-electron chi connectivity index (χ2n) is 6.69. The van der Waals surface area contributed by atoms with Gasteiger partial charge in [-0.15, -0.1) is 11.3 Å². The maximum Gasteiger partial charge on any atom is 0.287 e. The predicted octanol–water partition coefficient (Wildman–Crippen LogP) is 4.39. The van der Waals surface area contributed by atoms with Gasteiger partial charge in [0.25, 0.3) is 11.8 Å². The van der Waals surface area contributed by atoms with Crippen LogP contribution in [0.2, 0.25) is 5.02 Å². The number of amides is 2. The van der Waals surface area contributed by atoms with Crippen molar-refractivity contribution < 1.29 is 9.59 Å². The highest BCUT2D eigenvalue weighted by Crippen LogP contribution is 2.17. The molecule has 2 N–H and O–H groups in total. The first-order valence-corrected chi connectivity index (χ1v) is 10.6. The molecule has 0 saturated heterocycles. The van der Waals surface area contributed by atoms with E-state index in [9.17, 15) is 9.59 Å². The number of hydrogen-bond acceptors (Lipinski definition) is 5. The van der Waals surface area contributed by atoms with E-state index in [0.29, 0.717) is 5.02 Å². The van der Waals surface area contributed by atoms with E-state index in [0.717, 1.165) is 16.1 Å². The Balaban J connectivity index is 1.74. The zero-order chi connectivity index (χ0) is 22.2. The first kappa shape index (κ1) is 22.3. The molecule has 0 aliphatic carbocycles. The minimum Gasteiger partial charge on any atom is -0.378 e. The summed E-state index contributed by atoms with van der Waals surface area (Å²) in [4.78, 5) is 28.2. The molecule has 31 heavy (non-hydrogen) atoms. The van der Waals surface area contributed by atoms with E-state index in [4.69, 9.17) is 11.6 Å². The summed E-state index contributed by atoms with van der Waals surface area (Å²) in [6, 6.07) is 18.0. The topological polar surface area (TPSA) is 73.8 Å². The van der Waals surface area contributed by atoms with E-state index in [-0.39, 0.29) is 11.3 Å². The summed E-state index contributed by atoms with van der Waals surface area (Å²) < 4.78 is 0. The van der Waals surface area contributed by atoms with Crippen LogP contribution in [0.3, 0.4) is 0 Å². The number of hydrazone groups is 1. The summed E-state index contributed by atoms with van der Waals surface area (Å²) in [5.41, 5.74) is 4.69. The summed E-state index contributed by atoms with van der Waals surface area (Å²) in [6.45, 7) is 0. The smallest absolute Gasteiger partial charge is 0.287 e. The third kappa shape index (κ3) is 6.28. The highest BCUT2D eigenvalue weighted by molar-refractivity contribution is 7.10. The zero-order valence-electron chi connectivity index (χ0n) is 17.0.